The molecular weight excluding hydrogens is 390 g/mol. The van der Waals surface area contributed by atoms with Crippen LogP contribution in [0.1, 0.15) is 30.7 Å². The second kappa shape index (κ2) is 8.33. The van der Waals surface area contributed by atoms with E-state index in [0.29, 0.717) is 24.4 Å². The van der Waals surface area contributed by atoms with Crippen molar-refractivity contribution in [2.45, 2.75) is 36.2 Å². The van der Waals surface area contributed by atoms with Crippen molar-refractivity contribution in [1.29, 1.82) is 0 Å². The van der Waals surface area contributed by atoms with Gasteiger partial charge in [-0.15, -0.1) is 0 Å². The van der Waals surface area contributed by atoms with E-state index < -0.39 is 15.8 Å². The fourth-order valence-corrected chi connectivity index (χ4v) is 4.44. The predicted molar refractivity (Wildman–Crippen MR) is 102 cm³/mol. The highest BCUT2D eigenvalue weighted by molar-refractivity contribution is 7.90. The van der Waals surface area contributed by atoms with Crippen molar-refractivity contribution in [3.05, 3.63) is 47.4 Å². The number of anilines is 1. The molecule has 2 aromatic rings. The molecule has 9 heteroatoms. The van der Waals surface area contributed by atoms with Gasteiger partial charge in [0.1, 0.15) is 0 Å². The van der Waals surface area contributed by atoms with Crippen molar-refractivity contribution < 1.29 is 17.9 Å². The lowest BCUT2D eigenvalue weighted by atomic mass is 9.91. The summed E-state index contributed by atoms with van der Waals surface area (Å²) in [5.41, 5.74) is 0.629. The monoisotopic (exact) mass is 409 g/mol. The number of rotatable bonds is 6. The van der Waals surface area contributed by atoms with E-state index in [1.165, 1.54) is 30.7 Å². The van der Waals surface area contributed by atoms with Gasteiger partial charge in [-0.05, 0) is 37.0 Å². The molecule has 27 heavy (non-hydrogen) atoms. The Morgan fingerprint density at radius 3 is 2.81 bits per heavy atom. The van der Waals surface area contributed by atoms with Crippen LogP contribution >= 0.6 is 11.6 Å². The summed E-state index contributed by atoms with van der Waals surface area (Å²) in [4.78, 5) is 20.9. The van der Waals surface area contributed by atoms with Crippen LogP contribution in [0.15, 0.2) is 41.7 Å². The molecule has 2 unspecified atom stereocenters. The Hall–Kier alpha value is -2.03. The molecule has 0 radical (unpaired) electrons. The summed E-state index contributed by atoms with van der Waals surface area (Å²) in [6, 6.07) is 4.59. The highest BCUT2D eigenvalue weighted by atomic mass is 35.5. The van der Waals surface area contributed by atoms with Gasteiger partial charge in [-0.2, -0.15) is 0 Å². The third kappa shape index (κ3) is 5.03. The first-order valence-electron chi connectivity index (χ1n) is 8.52. The Morgan fingerprint density at radius 1 is 1.41 bits per heavy atom. The molecule has 1 amide bonds. The van der Waals surface area contributed by atoms with Gasteiger partial charge in [0.2, 0.25) is 5.91 Å². The van der Waals surface area contributed by atoms with Gasteiger partial charge in [0.15, 0.2) is 15.7 Å². The van der Waals surface area contributed by atoms with Crippen LogP contribution in [0.25, 0.3) is 0 Å². The molecule has 1 fully saturated rings. The minimum absolute atomic E-state index is 0.0315. The van der Waals surface area contributed by atoms with Crippen LogP contribution in [-0.2, 0) is 19.4 Å². The second-order valence-corrected chi connectivity index (χ2v) is 8.86. The Balaban J connectivity index is 1.89. The van der Waals surface area contributed by atoms with Crippen molar-refractivity contribution >= 4 is 33.2 Å². The highest BCUT2D eigenvalue weighted by Crippen LogP contribution is 2.32. The minimum atomic E-state index is -3.44. The number of halogens is 1. The summed E-state index contributed by atoms with van der Waals surface area (Å²) in [6.45, 7) is 0.678. The molecule has 2 heterocycles. The summed E-state index contributed by atoms with van der Waals surface area (Å²) in [7, 11) is -3.44. The van der Waals surface area contributed by atoms with Crippen molar-refractivity contribution in [1.82, 2.24) is 9.97 Å². The Labute approximate surface area is 163 Å². The van der Waals surface area contributed by atoms with Gasteiger partial charge < -0.3 is 10.1 Å². The topological polar surface area (TPSA) is 98.2 Å². The van der Waals surface area contributed by atoms with E-state index in [1.54, 1.807) is 6.07 Å². The summed E-state index contributed by atoms with van der Waals surface area (Å²) >= 11 is 6.18. The molecule has 1 aromatic carbocycles. The Bertz CT molecular complexity index is 915. The van der Waals surface area contributed by atoms with Crippen molar-refractivity contribution in [3.8, 4) is 0 Å². The number of carbonyl (C=O) groups is 1. The molecule has 0 saturated carbocycles. The van der Waals surface area contributed by atoms with Gasteiger partial charge in [0, 0.05) is 25.3 Å². The maximum absolute atomic E-state index is 12.9. The lowest BCUT2D eigenvalue weighted by Crippen LogP contribution is -2.25. The van der Waals surface area contributed by atoms with E-state index in [9.17, 15) is 13.2 Å². The Kier molecular flexibility index (Phi) is 6.08. The molecular formula is C18H20ClN3O4S. The van der Waals surface area contributed by atoms with Crippen molar-refractivity contribution in [2.75, 3.05) is 18.2 Å². The van der Waals surface area contributed by atoms with Crippen LogP contribution in [0.4, 0.5) is 5.82 Å². The molecule has 3 rings (SSSR count). The summed E-state index contributed by atoms with van der Waals surface area (Å²) in [5.74, 6) is -0.478. The number of ether oxygens (including phenoxy) is 1. The smallest absolute Gasteiger partial charge is 0.233 e. The number of aromatic nitrogens is 2. The molecule has 0 bridgehead atoms. The zero-order chi connectivity index (χ0) is 19.4. The lowest BCUT2D eigenvalue weighted by Gasteiger charge is -2.21. The summed E-state index contributed by atoms with van der Waals surface area (Å²) in [5, 5.41) is 2.85. The normalized spacial score (nSPS) is 18.2. The molecule has 7 nitrogen and oxygen atoms in total. The number of sulfone groups is 1. The maximum Gasteiger partial charge on any atom is 0.233 e. The second-order valence-electron chi connectivity index (χ2n) is 6.47. The number of benzene rings is 1. The van der Waals surface area contributed by atoms with E-state index in [2.05, 4.69) is 15.3 Å². The fraction of sp³-hybridized carbons (Fsp3) is 0.389. The zero-order valence-corrected chi connectivity index (χ0v) is 16.3. The molecule has 0 spiro atoms. The maximum atomic E-state index is 12.9. The summed E-state index contributed by atoms with van der Waals surface area (Å²) < 4.78 is 29.3. The molecule has 1 N–H and O–H groups in total. The third-order valence-electron chi connectivity index (χ3n) is 4.41. The van der Waals surface area contributed by atoms with Crippen LogP contribution < -0.4 is 5.32 Å². The average Bonchev–Trinajstić information content (AvgIpc) is 3.12. The predicted octanol–water partition coefficient (Wildman–Crippen LogP) is 2.82. The van der Waals surface area contributed by atoms with Gasteiger partial charge in [-0.1, -0.05) is 17.7 Å². The number of nitrogens with one attached hydrogen (secondary N) is 1. The molecule has 1 aliphatic heterocycles. The van der Waals surface area contributed by atoms with E-state index >= 15 is 0 Å². The van der Waals surface area contributed by atoms with Crippen LogP contribution in [0.3, 0.4) is 0 Å². The number of nitrogens with zero attached hydrogens (tertiary/aromatic N) is 2. The van der Waals surface area contributed by atoms with Crippen molar-refractivity contribution in [2.24, 2.45) is 0 Å². The third-order valence-corrected chi connectivity index (χ3v) is 5.99. The first-order chi connectivity index (χ1) is 12.8. The molecule has 1 saturated heterocycles. The number of carbonyl (C=O) groups excluding carboxylic acids is 1. The lowest BCUT2D eigenvalue weighted by molar-refractivity contribution is -0.118. The summed E-state index contributed by atoms with van der Waals surface area (Å²) in [6.07, 6.45) is 7.84. The van der Waals surface area contributed by atoms with Gasteiger partial charge in [0.25, 0.3) is 0 Å². The van der Waals surface area contributed by atoms with Gasteiger partial charge in [0.05, 0.1) is 28.1 Å². The van der Waals surface area contributed by atoms with E-state index in [4.69, 9.17) is 16.3 Å². The quantitative estimate of drug-likeness (QED) is 0.787. The van der Waals surface area contributed by atoms with E-state index in [1.807, 2.05) is 0 Å². The number of amides is 1. The Morgan fingerprint density at radius 2 is 2.22 bits per heavy atom. The highest BCUT2D eigenvalue weighted by Gasteiger charge is 2.28. The van der Waals surface area contributed by atoms with Gasteiger partial charge in [-0.3, -0.25) is 9.78 Å². The largest absolute Gasteiger partial charge is 0.378 e. The number of hydrogen-bond donors (Lipinski definition) is 1. The molecule has 1 aromatic heterocycles. The van der Waals surface area contributed by atoms with E-state index in [0.717, 1.165) is 19.1 Å². The van der Waals surface area contributed by atoms with Gasteiger partial charge in [-0.25, -0.2) is 13.4 Å². The van der Waals surface area contributed by atoms with Gasteiger partial charge >= 0.3 is 0 Å². The standard InChI is InChI=1S/C18H20ClN3O4S/c1-27(24,25)16-5-4-12(9-15(16)19)14(10-13-3-2-8-26-13)18(23)22-17-11-20-6-7-21-17/h4-7,9,11,13-14H,2-3,8,10H2,1H3,(H,21,22,23). The first kappa shape index (κ1) is 19.7. The molecule has 144 valence electrons. The first-order valence-corrected chi connectivity index (χ1v) is 10.8. The van der Waals surface area contributed by atoms with Crippen LogP contribution in [0, 0.1) is 0 Å². The minimum Gasteiger partial charge on any atom is -0.378 e. The number of hydrogen-bond acceptors (Lipinski definition) is 6. The van der Waals surface area contributed by atoms with Crippen LogP contribution in [0.2, 0.25) is 5.02 Å². The molecule has 2 atom stereocenters. The molecule has 1 aliphatic rings. The molecule has 0 aliphatic carbocycles. The zero-order valence-electron chi connectivity index (χ0n) is 14.8. The van der Waals surface area contributed by atoms with Crippen LogP contribution in [-0.4, -0.2) is 43.3 Å². The fourth-order valence-electron chi connectivity index (χ4n) is 3.10. The SMILES string of the molecule is CS(=O)(=O)c1ccc(C(CC2CCCO2)C(=O)Nc2cnccn2)cc1Cl. The van der Waals surface area contributed by atoms with Crippen LogP contribution in [0.5, 0.6) is 0 Å². The average molecular weight is 410 g/mol. The van der Waals surface area contributed by atoms with E-state index in [-0.39, 0.29) is 21.9 Å². The van der Waals surface area contributed by atoms with Crippen molar-refractivity contribution in [3.63, 3.8) is 0 Å².